The molecule has 1 aliphatic rings. The Balaban J connectivity index is 2.48. The molecule has 8 nitrogen and oxygen atoms in total. The summed E-state index contributed by atoms with van der Waals surface area (Å²) in [5.74, 6) is -1.79. The number of nitrogens with two attached hydrogens (primary N) is 1. The summed E-state index contributed by atoms with van der Waals surface area (Å²) in [5, 5.41) is 16.2. The maximum atomic E-state index is 14.9. The Morgan fingerprint density at radius 3 is 2.50 bits per heavy atom. The van der Waals surface area contributed by atoms with Crippen molar-refractivity contribution in [1.29, 1.82) is 0 Å². The topological polar surface area (TPSA) is 116 Å². The molecule has 0 aromatic heterocycles. The second-order valence-electron chi connectivity index (χ2n) is 5.04. The van der Waals surface area contributed by atoms with Crippen LogP contribution in [-0.2, 0) is 14.8 Å². The lowest BCUT2D eigenvalue weighted by molar-refractivity contribution is -0.384. The molecule has 0 unspecified atom stereocenters. The van der Waals surface area contributed by atoms with Crippen molar-refractivity contribution in [2.24, 2.45) is 5.14 Å². The van der Waals surface area contributed by atoms with Gasteiger partial charge in [-0.25, -0.2) is 17.9 Å². The van der Waals surface area contributed by atoms with Crippen LogP contribution in [0.4, 0.5) is 15.8 Å². The predicted octanol–water partition coefficient (Wildman–Crippen LogP) is 1.15. The molecule has 1 saturated heterocycles. The lowest BCUT2D eigenvalue weighted by atomic mass is 10.0. The number of alkyl halides is 1. The summed E-state index contributed by atoms with van der Waals surface area (Å²) < 4.78 is 42.6. The van der Waals surface area contributed by atoms with Crippen LogP contribution >= 0.6 is 0 Å². The number of rotatable bonds is 4. The van der Waals surface area contributed by atoms with E-state index in [0.29, 0.717) is 0 Å². The van der Waals surface area contributed by atoms with Gasteiger partial charge in [0.1, 0.15) is 5.69 Å². The average molecular weight is 333 g/mol. The van der Waals surface area contributed by atoms with Crippen molar-refractivity contribution in [3.63, 3.8) is 0 Å². The van der Waals surface area contributed by atoms with E-state index in [9.17, 15) is 22.9 Å². The third-order valence-corrected chi connectivity index (χ3v) is 4.60. The van der Waals surface area contributed by atoms with Crippen LogP contribution in [0.25, 0.3) is 0 Å². The van der Waals surface area contributed by atoms with Crippen LogP contribution in [0.2, 0.25) is 0 Å². The van der Waals surface area contributed by atoms with Crippen LogP contribution in [0.1, 0.15) is 12.8 Å². The molecule has 10 heteroatoms. The molecule has 0 atom stereocenters. The lowest BCUT2D eigenvalue weighted by Gasteiger charge is -2.38. The summed E-state index contributed by atoms with van der Waals surface area (Å²) in [6.45, 7) is 0.424. The summed E-state index contributed by atoms with van der Waals surface area (Å²) >= 11 is 0. The van der Waals surface area contributed by atoms with E-state index in [1.54, 1.807) is 0 Å². The van der Waals surface area contributed by atoms with Crippen LogP contribution in [0.5, 0.6) is 0 Å². The molecule has 1 fully saturated rings. The first-order valence-electron chi connectivity index (χ1n) is 6.47. The number of primary sulfonamides is 1. The van der Waals surface area contributed by atoms with Crippen LogP contribution in [-0.4, -0.2) is 39.4 Å². The molecule has 1 aliphatic heterocycles. The molecule has 0 amide bonds. The highest BCUT2D eigenvalue weighted by Gasteiger charge is 2.39. The normalized spacial score (nSPS) is 18.0. The van der Waals surface area contributed by atoms with Crippen molar-refractivity contribution in [1.82, 2.24) is 0 Å². The second-order valence-corrected chi connectivity index (χ2v) is 6.60. The number of nitro groups is 1. The van der Waals surface area contributed by atoms with Crippen molar-refractivity contribution in [3.8, 4) is 0 Å². The van der Waals surface area contributed by atoms with Gasteiger partial charge in [-0.2, -0.15) is 0 Å². The Hall–Kier alpha value is -1.78. The molecule has 22 heavy (non-hydrogen) atoms. The molecule has 0 bridgehead atoms. The average Bonchev–Trinajstić information content (AvgIpc) is 2.45. The first-order chi connectivity index (χ1) is 10.1. The van der Waals surface area contributed by atoms with Crippen molar-refractivity contribution >= 4 is 21.4 Å². The molecule has 1 heterocycles. The minimum Gasteiger partial charge on any atom is -0.381 e. The predicted molar refractivity (Wildman–Crippen MR) is 76.8 cm³/mol. The maximum absolute atomic E-state index is 14.9. The minimum atomic E-state index is -4.08. The number of hydrogen-bond acceptors (Lipinski definition) is 6. The molecular weight excluding hydrogens is 317 g/mol. The van der Waals surface area contributed by atoms with Gasteiger partial charge in [-0.3, -0.25) is 10.1 Å². The second kappa shape index (κ2) is 5.78. The van der Waals surface area contributed by atoms with Crippen molar-refractivity contribution in [2.75, 3.05) is 25.2 Å². The Bertz CT molecular complexity index is 688. The number of nitro benzene ring substituents is 1. The fourth-order valence-corrected chi connectivity index (χ4v) is 2.88. The fraction of sp³-hybridized carbons (Fsp3) is 0.500. The Morgan fingerprint density at radius 2 is 2.00 bits per heavy atom. The van der Waals surface area contributed by atoms with E-state index in [4.69, 9.17) is 9.88 Å². The number of sulfonamides is 1. The molecule has 122 valence electrons. The Morgan fingerprint density at radius 1 is 1.41 bits per heavy atom. The highest BCUT2D eigenvalue weighted by Crippen LogP contribution is 2.38. The van der Waals surface area contributed by atoms with Gasteiger partial charge in [0.15, 0.2) is 5.79 Å². The zero-order chi connectivity index (χ0) is 16.5. The highest BCUT2D eigenvalue weighted by atomic mass is 32.2. The Kier molecular flexibility index (Phi) is 4.36. The summed E-state index contributed by atoms with van der Waals surface area (Å²) in [5.41, 5.74) is -0.528. The van der Waals surface area contributed by atoms with E-state index >= 15 is 0 Å². The van der Waals surface area contributed by atoms with Gasteiger partial charge in [-0.05, 0) is 12.1 Å². The molecular formula is C12H16FN3O5S. The monoisotopic (exact) mass is 333 g/mol. The van der Waals surface area contributed by atoms with Gasteiger partial charge in [0.2, 0.25) is 10.0 Å². The third-order valence-electron chi connectivity index (χ3n) is 3.69. The smallest absolute Gasteiger partial charge is 0.293 e. The molecule has 0 radical (unpaired) electrons. The quantitative estimate of drug-likeness (QED) is 0.502. The van der Waals surface area contributed by atoms with Crippen LogP contribution in [0.3, 0.4) is 0 Å². The molecule has 1 aromatic rings. The van der Waals surface area contributed by atoms with E-state index in [0.717, 1.165) is 17.0 Å². The molecule has 0 spiro atoms. The van der Waals surface area contributed by atoms with E-state index in [1.807, 2.05) is 0 Å². The molecule has 2 N–H and O–H groups in total. The van der Waals surface area contributed by atoms with Crippen molar-refractivity contribution < 1.29 is 22.5 Å². The largest absolute Gasteiger partial charge is 0.381 e. The van der Waals surface area contributed by atoms with Gasteiger partial charge < -0.3 is 9.64 Å². The van der Waals surface area contributed by atoms with Gasteiger partial charge >= 0.3 is 0 Å². The first-order valence-corrected chi connectivity index (χ1v) is 8.01. The zero-order valence-electron chi connectivity index (χ0n) is 11.9. The molecule has 1 aromatic carbocycles. The summed E-state index contributed by atoms with van der Waals surface area (Å²) in [6.07, 6.45) is 0.134. The third kappa shape index (κ3) is 3.18. The lowest BCUT2D eigenvalue weighted by Crippen LogP contribution is -2.47. The van der Waals surface area contributed by atoms with Gasteiger partial charge in [0.05, 0.1) is 23.0 Å². The molecule has 0 aliphatic carbocycles. The van der Waals surface area contributed by atoms with E-state index in [2.05, 4.69) is 0 Å². The van der Waals surface area contributed by atoms with E-state index in [1.165, 1.54) is 13.1 Å². The van der Waals surface area contributed by atoms with Crippen LogP contribution < -0.4 is 10.0 Å². The number of anilines is 1. The minimum absolute atomic E-state index is 0.0122. The zero-order valence-corrected chi connectivity index (χ0v) is 12.7. The standard InChI is InChI=1S/C12H16FN3O5S/c1-15(12(13)4-6-21-7-5-12)10-3-2-9(22(14,19)20)8-11(10)16(17)18/h2-3,8H,4-7H2,1H3,(H2,14,19,20). The summed E-state index contributed by atoms with van der Waals surface area (Å²) in [4.78, 5) is 11.2. The Labute approximate surface area is 126 Å². The van der Waals surface area contributed by atoms with Crippen LogP contribution in [0, 0.1) is 10.1 Å². The van der Waals surface area contributed by atoms with E-state index in [-0.39, 0.29) is 31.7 Å². The van der Waals surface area contributed by atoms with Gasteiger partial charge in [0.25, 0.3) is 5.69 Å². The van der Waals surface area contributed by atoms with E-state index < -0.39 is 31.3 Å². The molecule has 0 saturated carbocycles. The SMILES string of the molecule is CN(c1ccc(S(N)(=O)=O)cc1[N+](=O)[O-])C1(F)CCOCC1. The van der Waals surface area contributed by atoms with Crippen molar-refractivity contribution in [2.45, 2.75) is 23.5 Å². The number of hydrogen-bond donors (Lipinski definition) is 1. The number of ether oxygens (including phenoxy) is 1. The van der Waals surface area contributed by atoms with Gasteiger partial charge in [-0.15, -0.1) is 0 Å². The first kappa shape index (κ1) is 16.6. The van der Waals surface area contributed by atoms with Crippen LogP contribution in [0.15, 0.2) is 23.1 Å². The fourth-order valence-electron chi connectivity index (χ4n) is 2.35. The molecule has 2 rings (SSSR count). The number of nitrogens with zero attached hydrogens (tertiary/aromatic N) is 2. The maximum Gasteiger partial charge on any atom is 0.293 e. The summed E-state index contributed by atoms with van der Waals surface area (Å²) in [6, 6.07) is 3.15. The van der Waals surface area contributed by atoms with Gasteiger partial charge in [0, 0.05) is 26.0 Å². The van der Waals surface area contributed by atoms with Crippen molar-refractivity contribution in [3.05, 3.63) is 28.3 Å². The summed E-state index contributed by atoms with van der Waals surface area (Å²) in [7, 11) is -2.68. The number of benzene rings is 1. The highest BCUT2D eigenvalue weighted by molar-refractivity contribution is 7.89. The number of halogens is 1. The van der Waals surface area contributed by atoms with Gasteiger partial charge in [-0.1, -0.05) is 0 Å².